The minimum absolute atomic E-state index is 0.0392. The van der Waals surface area contributed by atoms with E-state index in [0.29, 0.717) is 20.7 Å². The van der Waals surface area contributed by atoms with Gasteiger partial charge in [0.15, 0.2) is 5.01 Å². The Morgan fingerprint density at radius 1 is 1.17 bits per heavy atom. The van der Waals surface area contributed by atoms with Crippen LogP contribution in [-0.4, -0.2) is 105 Å². The van der Waals surface area contributed by atoms with Gasteiger partial charge in [0.2, 0.25) is 5.91 Å². The van der Waals surface area contributed by atoms with Gasteiger partial charge in [-0.25, -0.2) is 18.2 Å². The number of sulfonamides is 1. The van der Waals surface area contributed by atoms with Crippen LogP contribution < -0.4 is 10.6 Å². The van der Waals surface area contributed by atoms with Crippen molar-refractivity contribution in [1.29, 1.82) is 5.41 Å². The molecule has 224 valence electrons. The summed E-state index contributed by atoms with van der Waals surface area (Å²) in [7, 11) is 0.762. The lowest BCUT2D eigenvalue weighted by Crippen LogP contribution is -2.57. The third-order valence-electron chi connectivity index (χ3n) is 7.30. The molecule has 3 aromatic rings. The van der Waals surface area contributed by atoms with Gasteiger partial charge in [0.05, 0.1) is 18.8 Å². The fourth-order valence-corrected chi connectivity index (χ4v) is 9.14. The zero-order chi connectivity index (χ0) is 30.2. The van der Waals surface area contributed by atoms with Crippen molar-refractivity contribution in [2.75, 3.05) is 47.4 Å². The van der Waals surface area contributed by atoms with Gasteiger partial charge in [-0.1, -0.05) is 0 Å². The summed E-state index contributed by atoms with van der Waals surface area (Å²) in [5, 5.41) is 13.9. The van der Waals surface area contributed by atoms with E-state index in [0.717, 1.165) is 41.4 Å². The van der Waals surface area contributed by atoms with Gasteiger partial charge in [-0.05, 0) is 36.7 Å². The lowest BCUT2D eigenvalue weighted by atomic mass is 10.1. The summed E-state index contributed by atoms with van der Waals surface area (Å²) in [6, 6.07) is 5.80. The molecule has 3 amide bonds. The van der Waals surface area contributed by atoms with E-state index in [1.807, 2.05) is 7.05 Å². The maximum atomic E-state index is 13.8. The highest BCUT2D eigenvalue weighted by Gasteiger charge is 2.39. The second-order valence-electron chi connectivity index (χ2n) is 10.1. The predicted molar refractivity (Wildman–Crippen MR) is 159 cm³/mol. The molecule has 2 aliphatic heterocycles. The van der Waals surface area contributed by atoms with E-state index in [1.165, 1.54) is 35.9 Å². The average Bonchev–Trinajstić information content (AvgIpc) is 3.60. The minimum atomic E-state index is -3.96. The average molecular weight is 634 g/mol. The Kier molecular flexibility index (Phi) is 8.61. The first-order chi connectivity index (χ1) is 20.0. The molecule has 1 aromatic carbocycles. The number of alkyl carbamates (subject to hydrolysis) is 1. The number of aromatic nitrogens is 1. The van der Waals surface area contributed by atoms with Gasteiger partial charge in [-0.3, -0.25) is 20.3 Å². The molecular formula is C26H31N7O6S3. The van der Waals surface area contributed by atoms with Crippen molar-refractivity contribution in [3.05, 3.63) is 45.4 Å². The van der Waals surface area contributed by atoms with Gasteiger partial charge in [0.25, 0.3) is 15.9 Å². The molecule has 0 aliphatic carbocycles. The zero-order valence-corrected chi connectivity index (χ0v) is 25.7. The molecule has 42 heavy (non-hydrogen) atoms. The van der Waals surface area contributed by atoms with Crippen LogP contribution in [0, 0.1) is 5.41 Å². The molecule has 16 heteroatoms. The summed E-state index contributed by atoms with van der Waals surface area (Å²) in [5.41, 5.74) is 1.32. The number of hydrogen-bond donors (Lipinski definition) is 3. The van der Waals surface area contributed by atoms with Gasteiger partial charge < -0.3 is 19.9 Å². The van der Waals surface area contributed by atoms with E-state index in [1.54, 1.807) is 23.1 Å². The smallest absolute Gasteiger partial charge is 0.412 e. The largest absolute Gasteiger partial charge is 0.453 e. The Bertz CT molecular complexity index is 1670. The molecule has 2 aliphatic rings. The molecule has 13 nitrogen and oxygen atoms in total. The van der Waals surface area contributed by atoms with Crippen molar-refractivity contribution in [2.24, 2.45) is 0 Å². The Labute approximate surface area is 251 Å². The molecule has 0 spiro atoms. The molecule has 0 bridgehead atoms. The van der Waals surface area contributed by atoms with Gasteiger partial charge in [-0.2, -0.15) is 4.31 Å². The summed E-state index contributed by atoms with van der Waals surface area (Å²) in [4.78, 5) is 46.9. The van der Waals surface area contributed by atoms with Gasteiger partial charge >= 0.3 is 6.09 Å². The monoisotopic (exact) mass is 633 g/mol. The van der Waals surface area contributed by atoms with E-state index in [9.17, 15) is 22.8 Å². The highest BCUT2D eigenvalue weighted by atomic mass is 32.2. The number of rotatable bonds is 6. The van der Waals surface area contributed by atoms with Gasteiger partial charge in [0.1, 0.15) is 10.0 Å². The molecular weight excluding hydrogens is 603 g/mol. The Morgan fingerprint density at radius 3 is 2.69 bits per heavy atom. The second kappa shape index (κ2) is 12.0. The number of hydrogen-bond acceptors (Lipinski definition) is 11. The molecule has 1 atom stereocenters. The minimum Gasteiger partial charge on any atom is -0.453 e. The van der Waals surface area contributed by atoms with Crippen LogP contribution in [0.1, 0.15) is 32.4 Å². The second-order valence-corrected chi connectivity index (χ2v) is 14.4. The number of ether oxygens (including phenoxy) is 1. The van der Waals surface area contributed by atoms with E-state index in [2.05, 4.69) is 25.3 Å². The van der Waals surface area contributed by atoms with Crippen LogP contribution in [0.25, 0.3) is 10.1 Å². The molecule has 5 rings (SSSR count). The quantitative estimate of drug-likeness (QED) is 0.273. The number of carbonyl (C=O) groups is 3. The number of nitrogens with zero attached hydrogens (tertiary/aromatic N) is 4. The fraction of sp³-hybridized carbons (Fsp3) is 0.423. The number of piperazine rings is 1. The van der Waals surface area contributed by atoms with Crippen LogP contribution in [-0.2, 0) is 32.5 Å². The number of nitrogens with one attached hydrogen (secondary N) is 3. The first kappa shape index (κ1) is 30.0. The molecule has 0 saturated carbocycles. The predicted octanol–water partition coefficient (Wildman–Crippen LogP) is 1.68. The Morgan fingerprint density at radius 2 is 1.95 bits per heavy atom. The van der Waals surface area contributed by atoms with E-state index < -0.39 is 22.2 Å². The van der Waals surface area contributed by atoms with Crippen molar-refractivity contribution in [2.45, 2.75) is 29.6 Å². The highest BCUT2D eigenvalue weighted by Crippen LogP contribution is 2.33. The van der Waals surface area contributed by atoms with E-state index in [-0.39, 0.29) is 47.9 Å². The number of likely N-dealkylation sites (N-methyl/N-ethyl adjacent to an activating group) is 1. The Hall–Kier alpha value is -3.44. The van der Waals surface area contributed by atoms with Crippen LogP contribution in [0.5, 0.6) is 0 Å². The van der Waals surface area contributed by atoms with Crippen LogP contribution in [0.15, 0.2) is 28.5 Å². The first-order valence-electron chi connectivity index (χ1n) is 13.2. The van der Waals surface area contributed by atoms with Crippen molar-refractivity contribution >= 4 is 66.5 Å². The number of carbonyl (C=O) groups excluding carboxylic acids is 3. The van der Waals surface area contributed by atoms with Gasteiger partial charge in [-0.15, -0.1) is 22.7 Å². The summed E-state index contributed by atoms with van der Waals surface area (Å²) < 4.78 is 34.2. The van der Waals surface area contributed by atoms with E-state index in [4.69, 9.17) is 5.41 Å². The molecule has 3 N–H and O–H groups in total. The standard InChI is InChI=1S/C26H31N7O6S3/c1-28-21(34)12-17-13-32(8-9-33(17)25(35)24-29-18-6-7-31(2)14-20(18)41-24)42(37,38)22-11-16-10-15(4-5-19(16)40-22)23(27)30-26(36)39-3/h4-5,10-11,17H,6-9,12-14H2,1-3H3,(H,28,34)(H2,27,30,36). The SMILES string of the molecule is CNC(=O)CC1CN(S(=O)(=O)c2cc3cc(C(=N)NC(=O)OC)ccc3s2)CCN1C(=O)c1nc2c(s1)CN(C)CC2. The number of fused-ring (bicyclic) bond motifs is 2. The highest BCUT2D eigenvalue weighted by molar-refractivity contribution is 7.91. The van der Waals surface area contributed by atoms with Crippen molar-refractivity contribution in [3.8, 4) is 0 Å². The lowest BCUT2D eigenvalue weighted by molar-refractivity contribution is -0.121. The maximum Gasteiger partial charge on any atom is 0.412 e. The van der Waals surface area contributed by atoms with Crippen LogP contribution in [0.4, 0.5) is 4.79 Å². The molecule has 2 aromatic heterocycles. The molecule has 1 saturated heterocycles. The van der Waals surface area contributed by atoms with Crippen molar-refractivity contribution in [3.63, 3.8) is 0 Å². The molecule has 1 fully saturated rings. The summed E-state index contributed by atoms with van der Waals surface area (Å²) in [6.07, 6.45) is -0.0598. The number of amidine groups is 1. The van der Waals surface area contributed by atoms with Gasteiger partial charge in [0, 0.05) is 67.8 Å². The summed E-state index contributed by atoms with van der Waals surface area (Å²) in [5.74, 6) is -0.764. The van der Waals surface area contributed by atoms with Crippen molar-refractivity contribution < 1.29 is 27.5 Å². The molecule has 1 unspecified atom stereocenters. The molecule has 4 heterocycles. The third-order valence-corrected chi connectivity index (χ3v) is 11.8. The number of amides is 3. The van der Waals surface area contributed by atoms with Crippen LogP contribution >= 0.6 is 22.7 Å². The Balaban J connectivity index is 1.37. The summed E-state index contributed by atoms with van der Waals surface area (Å²) >= 11 is 2.45. The van der Waals surface area contributed by atoms with Crippen LogP contribution in [0.3, 0.4) is 0 Å². The molecule has 0 radical (unpaired) electrons. The first-order valence-corrected chi connectivity index (χ1v) is 16.2. The summed E-state index contributed by atoms with van der Waals surface area (Å²) in [6.45, 7) is 1.75. The lowest BCUT2D eigenvalue weighted by Gasteiger charge is -2.40. The number of methoxy groups -OCH3 is 1. The maximum absolute atomic E-state index is 13.8. The normalized spacial score (nSPS) is 18.0. The fourth-order valence-electron chi connectivity index (χ4n) is 4.99. The number of thiazole rings is 1. The van der Waals surface area contributed by atoms with Crippen molar-refractivity contribution in [1.82, 2.24) is 29.7 Å². The van der Waals surface area contributed by atoms with Crippen LogP contribution in [0.2, 0.25) is 0 Å². The topological polar surface area (TPSA) is 165 Å². The zero-order valence-electron chi connectivity index (χ0n) is 23.3. The number of thiophene rings is 1. The third kappa shape index (κ3) is 6.03. The number of benzene rings is 1. The van der Waals surface area contributed by atoms with E-state index >= 15 is 0 Å².